The summed E-state index contributed by atoms with van der Waals surface area (Å²) >= 11 is 0. The van der Waals surface area contributed by atoms with Gasteiger partial charge in [-0.3, -0.25) is 4.79 Å². The van der Waals surface area contributed by atoms with E-state index in [-0.39, 0.29) is 29.3 Å². The summed E-state index contributed by atoms with van der Waals surface area (Å²) < 4.78 is 16.5. The molecular weight excluding hydrogens is 425 g/mol. The minimum absolute atomic E-state index is 0.00491. The summed E-state index contributed by atoms with van der Waals surface area (Å²) in [5.41, 5.74) is 12.8. The van der Waals surface area contributed by atoms with Crippen LogP contribution in [0.5, 0.6) is 0 Å². The zero-order chi connectivity index (χ0) is 24.3. The number of carbonyl (C=O) groups is 1. The molecule has 0 aromatic carbocycles. The van der Waals surface area contributed by atoms with E-state index in [1.165, 1.54) is 0 Å². The molecule has 0 aliphatic heterocycles. The van der Waals surface area contributed by atoms with Gasteiger partial charge >= 0.3 is 0 Å². The van der Waals surface area contributed by atoms with Gasteiger partial charge in [0.2, 0.25) is 0 Å². The van der Waals surface area contributed by atoms with Crippen LogP contribution in [0.2, 0.25) is 0 Å². The first kappa shape index (κ1) is 24.2. The van der Waals surface area contributed by atoms with Crippen molar-refractivity contribution in [2.75, 3.05) is 29.6 Å². The highest BCUT2D eigenvalue weighted by molar-refractivity contribution is 5.99. The molecule has 3 aromatic heterocycles. The van der Waals surface area contributed by atoms with Gasteiger partial charge in [-0.1, -0.05) is 19.8 Å². The molecule has 0 unspecified atom stereocenters. The number of hydrogen-bond donors (Lipinski definition) is 4. The SMILES string of the molecule is CCCC[C@@H](Nc1nc(Nc2cnc3c(c2)c(N(C)C)nn3C)c(C(N)=O)cc1F)[C@H](C)N. The number of rotatable bonds is 10. The second kappa shape index (κ2) is 9.99. The molecular formula is C22H32FN9O. The number of aromatic nitrogens is 4. The highest BCUT2D eigenvalue weighted by Crippen LogP contribution is 2.29. The summed E-state index contributed by atoms with van der Waals surface area (Å²) in [7, 11) is 5.59. The van der Waals surface area contributed by atoms with E-state index in [1.807, 2.05) is 39.0 Å². The van der Waals surface area contributed by atoms with E-state index in [2.05, 4.69) is 32.6 Å². The average molecular weight is 458 g/mol. The number of primary amides is 1. The van der Waals surface area contributed by atoms with Crippen LogP contribution in [0.1, 0.15) is 43.5 Å². The van der Waals surface area contributed by atoms with E-state index in [0.29, 0.717) is 11.3 Å². The zero-order valence-electron chi connectivity index (χ0n) is 19.7. The fraction of sp³-hybridized carbons (Fsp3) is 0.455. The minimum atomic E-state index is -0.797. The number of fused-ring (bicyclic) bond motifs is 1. The maximum atomic E-state index is 14.8. The predicted octanol–water partition coefficient (Wildman–Crippen LogP) is 2.73. The number of nitrogens with one attached hydrogen (secondary N) is 2. The van der Waals surface area contributed by atoms with Crippen LogP contribution in [0.3, 0.4) is 0 Å². The molecule has 2 atom stereocenters. The van der Waals surface area contributed by atoms with Crippen molar-refractivity contribution >= 4 is 40.1 Å². The highest BCUT2D eigenvalue weighted by atomic mass is 19.1. The molecule has 3 heterocycles. The van der Waals surface area contributed by atoms with E-state index >= 15 is 0 Å². The lowest BCUT2D eigenvalue weighted by atomic mass is 10.0. The maximum Gasteiger partial charge on any atom is 0.252 e. The van der Waals surface area contributed by atoms with Gasteiger partial charge in [0.25, 0.3) is 5.91 Å². The Kier molecular flexibility index (Phi) is 7.32. The topological polar surface area (TPSA) is 140 Å². The zero-order valence-corrected chi connectivity index (χ0v) is 19.7. The largest absolute Gasteiger partial charge is 0.365 e. The number of halogens is 1. The van der Waals surface area contributed by atoms with Crippen LogP contribution in [0, 0.1) is 5.82 Å². The molecule has 10 nitrogen and oxygen atoms in total. The van der Waals surface area contributed by atoms with Crippen LogP contribution in [0.15, 0.2) is 18.3 Å². The predicted molar refractivity (Wildman–Crippen MR) is 129 cm³/mol. The summed E-state index contributed by atoms with van der Waals surface area (Å²) in [4.78, 5) is 22.7. The Morgan fingerprint density at radius 2 is 2.03 bits per heavy atom. The van der Waals surface area contributed by atoms with Gasteiger partial charge in [0.05, 0.1) is 22.8 Å². The Morgan fingerprint density at radius 1 is 1.30 bits per heavy atom. The smallest absolute Gasteiger partial charge is 0.252 e. The van der Waals surface area contributed by atoms with Crippen molar-refractivity contribution in [3.05, 3.63) is 29.7 Å². The molecule has 0 fully saturated rings. The quantitative estimate of drug-likeness (QED) is 0.364. The molecule has 33 heavy (non-hydrogen) atoms. The first-order valence-corrected chi connectivity index (χ1v) is 10.9. The third-order valence-corrected chi connectivity index (χ3v) is 5.41. The lowest BCUT2D eigenvalue weighted by Crippen LogP contribution is -2.38. The summed E-state index contributed by atoms with van der Waals surface area (Å²) in [6.07, 6.45) is 4.30. The first-order valence-electron chi connectivity index (χ1n) is 10.9. The molecule has 0 bridgehead atoms. The van der Waals surface area contributed by atoms with E-state index in [1.54, 1.807) is 10.9 Å². The van der Waals surface area contributed by atoms with E-state index in [4.69, 9.17) is 11.5 Å². The lowest BCUT2D eigenvalue weighted by Gasteiger charge is -2.23. The Labute approximate surface area is 192 Å². The number of anilines is 4. The van der Waals surface area contributed by atoms with Gasteiger partial charge in [-0.2, -0.15) is 5.10 Å². The van der Waals surface area contributed by atoms with Crippen molar-refractivity contribution < 1.29 is 9.18 Å². The Hall–Kier alpha value is -3.47. The Bertz CT molecular complexity index is 1140. The lowest BCUT2D eigenvalue weighted by molar-refractivity contribution is 0.100. The van der Waals surface area contributed by atoms with Crippen LogP contribution in [-0.4, -0.2) is 51.8 Å². The van der Waals surface area contributed by atoms with Crippen LogP contribution in [0.4, 0.5) is 27.5 Å². The number of amides is 1. The van der Waals surface area contributed by atoms with Crippen LogP contribution < -0.4 is 27.0 Å². The van der Waals surface area contributed by atoms with Gasteiger partial charge in [-0.05, 0) is 25.5 Å². The van der Waals surface area contributed by atoms with Crippen molar-refractivity contribution in [2.24, 2.45) is 18.5 Å². The molecule has 178 valence electrons. The van der Waals surface area contributed by atoms with Gasteiger partial charge in [0, 0.05) is 33.2 Å². The number of nitrogens with zero attached hydrogens (tertiary/aromatic N) is 5. The fourth-order valence-electron chi connectivity index (χ4n) is 3.60. The second-order valence-corrected chi connectivity index (χ2v) is 8.39. The number of nitrogens with two attached hydrogens (primary N) is 2. The molecule has 3 rings (SSSR count). The monoisotopic (exact) mass is 457 g/mol. The molecule has 0 aliphatic carbocycles. The number of carbonyl (C=O) groups excluding carboxylic acids is 1. The third kappa shape index (κ3) is 5.30. The summed E-state index contributed by atoms with van der Waals surface area (Å²) in [5, 5.41) is 11.4. The summed E-state index contributed by atoms with van der Waals surface area (Å²) in [6, 6.07) is 2.54. The van der Waals surface area contributed by atoms with E-state index in [9.17, 15) is 9.18 Å². The third-order valence-electron chi connectivity index (χ3n) is 5.41. The second-order valence-electron chi connectivity index (χ2n) is 8.39. The van der Waals surface area contributed by atoms with E-state index in [0.717, 1.165) is 36.5 Å². The van der Waals surface area contributed by atoms with E-state index < -0.39 is 11.7 Å². The maximum absolute atomic E-state index is 14.8. The molecule has 0 spiro atoms. The van der Waals surface area contributed by atoms with Crippen molar-refractivity contribution in [3.8, 4) is 0 Å². The molecule has 0 radical (unpaired) electrons. The van der Waals surface area contributed by atoms with Gasteiger partial charge in [0.1, 0.15) is 5.82 Å². The van der Waals surface area contributed by atoms with Gasteiger partial charge in [-0.15, -0.1) is 0 Å². The normalized spacial score (nSPS) is 13.1. The Balaban J connectivity index is 2.00. The van der Waals surface area contributed by atoms with Crippen LogP contribution in [0.25, 0.3) is 11.0 Å². The molecule has 0 saturated heterocycles. The standard InChI is InChI=1S/C22H32FN9O/c1-6-7-8-17(12(2)24)28-20-16(23)10-14(18(25)33)19(29-20)27-13-9-15-21(26-11-13)32(5)30-22(15)31(3)4/h9-12,17H,6-8,24H2,1-5H3,(H2,25,33)(H2,27,28,29)/t12-,17+/m0/s1. The molecule has 3 aromatic rings. The van der Waals surface area contributed by atoms with Crippen molar-refractivity contribution in [3.63, 3.8) is 0 Å². The van der Waals surface area contributed by atoms with Crippen LogP contribution in [-0.2, 0) is 7.05 Å². The summed E-state index contributed by atoms with van der Waals surface area (Å²) in [6.45, 7) is 3.94. The van der Waals surface area contributed by atoms with Crippen molar-refractivity contribution in [2.45, 2.75) is 45.2 Å². The Morgan fingerprint density at radius 3 is 2.64 bits per heavy atom. The van der Waals surface area contributed by atoms with Crippen molar-refractivity contribution in [1.29, 1.82) is 0 Å². The number of hydrogen-bond acceptors (Lipinski definition) is 8. The molecule has 11 heteroatoms. The van der Waals surface area contributed by atoms with Crippen molar-refractivity contribution in [1.82, 2.24) is 19.7 Å². The fourth-order valence-corrected chi connectivity index (χ4v) is 3.60. The first-order chi connectivity index (χ1) is 15.6. The number of pyridine rings is 2. The van der Waals surface area contributed by atoms with Gasteiger partial charge in [-0.25, -0.2) is 19.0 Å². The van der Waals surface area contributed by atoms with Crippen LogP contribution >= 0.6 is 0 Å². The van der Waals surface area contributed by atoms with Gasteiger partial charge < -0.3 is 27.0 Å². The summed E-state index contributed by atoms with van der Waals surface area (Å²) in [5.74, 6) is -0.599. The highest BCUT2D eigenvalue weighted by Gasteiger charge is 2.21. The molecule has 1 amide bonds. The molecule has 6 N–H and O–H groups in total. The minimum Gasteiger partial charge on any atom is -0.365 e. The average Bonchev–Trinajstić information content (AvgIpc) is 3.08. The molecule has 0 aliphatic rings. The number of aryl methyl sites for hydroxylation is 1. The number of unbranched alkanes of at least 4 members (excludes halogenated alkanes) is 1. The molecule has 0 saturated carbocycles. The van der Waals surface area contributed by atoms with Gasteiger partial charge in [0.15, 0.2) is 23.1 Å².